The average Bonchev–Trinajstić information content (AvgIpc) is 2.25. The Bertz CT molecular complexity index is 385. The highest BCUT2D eigenvalue weighted by Gasteiger charge is 2.10. The van der Waals surface area contributed by atoms with Crippen LogP contribution in [-0.4, -0.2) is 54.2 Å². The van der Waals surface area contributed by atoms with Crippen molar-refractivity contribution < 1.29 is 9.90 Å². The molecule has 1 aromatic heterocycles. The number of hydrogen-bond acceptors (Lipinski definition) is 4. The first-order valence-corrected chi connectivity index (χ1v) is 5.58. The summed E-state index contributed by atoms with van der Waals surface area (Å²) in [6.07, 6.45) is 2.29. The average molecular weight is 258 g/mol. The fraction of sp³-hybridized carbons (Fsp3) is 0.455. The van der Waals surface area contributed by atoms with Crippen molar-refractivity contribution in [3.05, 3.63) is 29.0 Å². The molecule has 0 unspecified atom stereocenters. The van der Waals surface area contributed by atoms with Crippen LogP contribution in [0.15, 0.2) is 18.5 Å². The molecule has 0 fully saturated rings. The summed E-state index contributed by atoms with van der Waals surface area (Å²) in [5, 5.41) is 12.6. The molecule has 0 saturated heterocycles. The molecule has 0 bridgehead atoms. The molecule has 0 aliphatic carbocycles. The van der Waals surface area contributed by atoms with Gasteiger partial charge in [0.1, 0.15) is 0 Å². The maximum Gasteiger partial charge on any atom is 0.252 e. The first kappa shape index (κ1) is 13.9. The second kappa shape index (κ2) is 6.54. The fourth-order valence-corrected chi connectivity index (χ4v) is 1.51. The summed E-state index contributed by atoms with van der Waals surface area (Å²) < 4.78 is 0. The van der Waals surface area contributed by atoms with E-state index in [1.165, 1.54) is 18.5 Å². The Balaban J connectivity index is 2.45. The number of aromatic nitrogens is 1. The zero-order valence-corrected chi connectivity index (χ0v) is 10.6. The zero-order valence-electron chi connectivity index (χ0n) is 9.85. The summed E-state index contributed by atoms with van der Waals surface area (Å²) in [4.78, 5) is 17.3. The van der Waals surface area contributed by atoms with Crippen LogP contribution in [0.4, 0.5) is 0 Å². The van der Waals surface area contributed by atoms with Crippen LogP contribution >= 0.6 is 11.6 Å². The molecule has 94 valence electrons. The van der Waals surface area contributed by atoms with Crippen molar-refractivity contribution in [2.24, 2.45) is 0 Å². The third-order valence-corrected chi connectivity index (χ3v) is 2.25. The van der Waals surface area contributed by atoms with Crippen LogP contribution in [0.5, 0.6) is 0 Å². The molecule has 0 radical (unpaired) electrons. The molecule has 1 aromatic rings. The van der Waals surface area contributed by atoms with E-state index < -0.39 is 6.10 Å². The van der Waals surface area contributed by atoms with Crippen LogP contribution in [0.2, 0.25) is 5.02 Å². The minimum Gasteiger partial charge on any atom is -0.390 e. The van der Waals surface area contributed by atoms with Crippen molar-refractivity contribution in [1.82, 2.24) is 15.2 Å². The molecular weight excluding hydrogens is 242 g/mol. The van der Waals surface area contributed by atoms with E-state index in [2.05, 4.69) is 10.3 Å². The molecule has 0 aliphatic rings. The Morgan fingerprint density at radius 3 is 2.88 bits per heavy atom. The smallest absolute Gasteiger partial charge is 0.252 e. The summed E-state index contributed by atoms with van der Waals surface area (Å²) >= 11 is 5.72. The predicted molar refractivity (Wildman–Crippen MR) is 66.1 cm³/mol. The van der Waals surface area contributed by atoms with Crippen LogP contribution < -0.4 is 5.32 Å². The highest BCUT2D eigenvalue weighted by molar-refractivity contribution is 6.30. The number of nitrogens with zero attached hydrogens (tertiary/aromatic N) is 2. The van der Waals surface area contributed by atoms with Crippen molar-refractivity contribution in [2.75, 3.05) is 27.2 Å². The molecule has 6 heteroatoms. The van der Waals surface area contributed by atoms with Crippen LogP contribution in [0.3, 0.4) is 0 Å². The number of carbonyl (C=O) groups excluding carboxylic acids is 1. The largest absolute Gasteiger partial charge is 0.390 e. The van der Waals surface area contributed by atoms with Crippen LogP contribution in [-0.2, 0) is 0 Å². The summed E-state index contributed by atoms with van der Waals surface area (Å²) in [6.45, 7) is 0.692. The molecule has 1 rings (SSSR count). The Labute approximate surface area is 105 Å². The monoisotopic (exact) mass is 257 g/mol. The van der Waals surface area contributed by atoms with E-state index in [4.69, 9.17) is 11.6 Å². The van der Waals surface area contributed by atoms with Gasteiger partial charge in [0.25, 0.3) is 5.91 Å². The number of carbonyl (C=O) groups is 1. The van der Waals surface area contributed by atoms with Gasteiger partial charge >= 0.3 is 0 Å². The highest BCUT2D eigenvalue weighted by Crippen LogP contribution is 2.07. The van der Waals surface area contributed by atoms with E-state index in [-0.39, 0.29) is 12.5 Å². The number of amides is 1. The van der Waals surface area contributed by atoms with Gasteiger partial charge in [-0.3, -0.25) is 9.78 Å². The fourth-order valence-electron chi connectivity index (χ4n) is 1.33. The standard InChI is InChI=1S/C11H16ClN3O2/c1-15(2)7-10(16)6-14-11(17)8-3-9(12)5-13-4-8/h3-5,10,16H,6-7H2,1-2H3,(H,14,17)/t10-/m0/s1. The SMILES string of the molecule is CN(C)C[C@@H](O)CNC(=O)c1cncc(Cl)c1. The van der Waals surface area contributed by atoms with Gasteiger partial charge in [0.05, 0.1) is 16.7 Å². The zero-order chi connectivity index (χ0) is 12.8. The minimum atomic E-state index is -0.596. The summed E-state index contributed by atoms with van der Waals surface area (Å²) in [7, 11) is 3.71. The molecule has 17 heavy (non-hydrogen) atoms. The van der Waals surface area contributed by atoms with E-state index in [1.807, 2.05) is 19.0 Å². The molecule has 0 spiro atoms. The van der Waals surface area contributed by atoms with Gasteiger partial charge in [0.15, 0.2) is 0 Å². The molecule has 1 heterocycles. The van der Waals surface area contributed by atoms with Crippen molar-refractivity contribution in [2.45, 2.75) is 6.10 Å². The molecule has 0 aromatic carbocycles. The number of aliphatic hydroxyl groups excluding tert-OH is 1. The first-order chi connectivity index (χ1) is 7.99. The number of aliphatic hydroxyl groups is 1. The van der Waals surface area contributed by atoms with Gasteiger partial charge in [-0.25, -0.2) is 0 Å². The molecule has 1 amide bonds. The lowest BCUT2D eigenvalue weighted by Gasteiger charge is -2.16. The van der Waals surface area contributed by atoms with E-state index in [9.17, 15) is 9.90 Å². The lowest BCUT2D eigenvalue weighted by molar-refractivity contribution is 0.0892. The lowest BCUT2D eigenvalue weighted by atomic mass is 10.2. The molecule has 0 saturated carbocycles. The number of nitrogens with one attached hydrogen (secondary N) is 1. The van der Waals surface area contributed by atoms with E-state index >= 15 is 0 Å². The van der Waals surface area contributed by atoms with E-state index in [0.29, 0.717) is 17.1 Å². The summed E-state index contributed by atoms with van der Waals surface area (Å²) in [5.41, 5.74) is 0.384. The minimum absolute atomic E-state index is 0.198. The van der Waals surface area contributed by atoms with Gasteiger partial charge in [-0.05, 0) is 20.2 Å². The third-order valence-electron chi connectivity index (χ3n) is 2.04. The number of pyridine rings is 1. The highest BCUT2D eigenvalue weighted by atomic mass is 35.5. The Hall–Kier alpha value is -1.17. The van der Waals surface area contributed by atoms with Gasteiger partial charge in [0.2, 0.25) is 0 Å². The quantitative estimate of drug-likeness (QED) is 0.801. The van der Waals surface area contributed by atoms with Crippen LogP contribution in [0.1, 0.15) is 10.4 Å². The van der Waals surface area contributed by atoms with Gasteiger partial charge in [-0.1, -0.05) is 11.6 Å². The molecule has 2 N–H and O–H groups in total. The predicted octanol–water partition coefficient (Wildman–Crippen LogP) is 0.387. The molecule has 0 aliphatic heterocycles. The van der Waals surface area contributed by atoms with Crippen LogP contribution in [0.25, 0.3) is 0 Å². The maximum absolute atomic E-state index is 11.7. The number of halogens is 1. The Morgan fingerprint density at radius 2 is 2.29 bits per heavy atom. The van der Waals surface area contributed by atoms with Crippen molar-refractivity contribution in [3.63, 3.8) is 0 Å². The number of likely N-dealkylation sites (N-methyl/N-ethyl adjacent to an activating group) is 1. The molecule has 1 atom stereocenters. The van der Waals surface area contributed by atoms with Gasteiger partial charge in [-0.15, -0.1) is 0 Å². The van der Waals surface area contributed by atoms with Crippen molar-refractivity contribution in [3.8, 4) is 0 Å². The Morgan fingerprint density at radius 1 is 1.59 bits per heavy atom. The van der Waals surface area contributed by atoms with Gasteiger partial charge in [0, 0.05) is 25.5 Å². The van der Waals surface area contributed by atoms with Gasteiger partial charge < -0.3 is 15.3 Å². The van der Waals surface area contributed by atoms with Crippen molar-refractivity contribution >= 4 is 17.5 Å². The number of rotatable bonds is 5. The van der Waals surface area contributed by atoms with E-state index in [0.717, 1.165) is 0 Å². The third kappa shape index (κ3) is 5.12. The summed E-state index contributed by atoms with van der Waals surface area (Å²) in [6, 6.07) is 1.53. The molecular formula is C11H16ClN3O2. The second-order valence-electron chi connectivity index (χ2n) is 4.02. The maximum atomic E-state index is 11.7. The van der Waals surface area contributed by atoms with Gasteiger partial charge in [-0.2, -0.15) is 0 Å². The van der Waals surface area contributed by atoms with E-state index in [1.54, 1.807) is 0 Å². The second-order valence-corrected chi connectivity index (χ2v) is 4.45. The first-order valence-electron chi connectivity index (χ1n) is 5.20. The lowest BCUT2D eigenvalue weighted by Crippen LogP contribution is -2.37. The topological polar surface area (TPSA) is 65.5 Å². The Kier molecular flexibility index (Phi) is 5.34. The summed E-state index contributed by atoms with van der Waals surface area (Å²) in [5.74, 6) is -0.294. The van der Waals surface area contributed by atoms with Crippen LogP contribution in [0, 0.1) is 0 Å². The van der Waals surface area contributed by atoms with Crippen molar-refractivity contribution in [1.29, 1.82) is 0 Å². The number of hydrogen-bond donors (Lipinski definition) is 2. The normalized spacial score (nSPS) is 12.5. The molecule has 5 nitrogen and oxygen atoms in total.